The van der Waals surface area contributed by atoms with Crippen molar-refractivity contribution in [3.8, 4) is 11.9 Å². The number of nitriles is 1. The van der Waals surface area contributed by atoms with Gasteiger partial charge in [-0.1, -0.05) is 0 Å². The van der Waals surface area contributed by atoms with Gasteiger partial charge in [0.2, 0.25) is 5.88 Å². The SMILES string of the molecule is N#CCc1cc(OC(F)(F)F)nc(C(F)(F)F)c1CCl. The second-order valence-electron chi connectivity index (χ2n) is 3.46. The van der Waals surface area contributed by atoms with Gasteiger partial charge in [-0.3, -0.25) is 0 Å². The number of nitrogens with zero attached hydrogens (tertiary/aromatic N) is 2. The van der Waals surface area contributed by atoms with E-state index in [2.05, 4.69) is 9.72 Å². The number of rotatable bonds is 3. The number of alkyl halides is 7. The first kappa shape index (κ1) is 16.4. The second kappa shape index (κ2) is 5.75. The maximum absolute atomic E-state index is 12.7. The fraction of sp³-hybridized carbons (Fsp3) is 0.400. The van der Waals surface area contributed by atoms with Crippen LogP contribution in [0.3, 0.4) is 0 Å². The van der Waals surface area contributed by atoms with E-state index in [4.69, 9.17) is 16.9 Å². The molecule has 0 amide bonds. The molecule has 3 nitrogen and oxygen atoms in total. The molecule has 110 valence electrons. The fourth-order valence-electron chi connectivity index (χ4n) is 1.40. The lowest BCUT2D eigenvalue weighted by atomic mass is 10.0. The van der Waals surface area contributed by atoms with Crippen LogP contribution in [0.25, 0.3) is 0 Å². The van der Waals surface area contributed by atoms with Gasteiger partial charge >= 0.3 is 12.5 Å². The molecule has 20 heavy (non-hydrogen) atoms. The summed E-state index contributed by atoms with van der Waals surface area (Å²) in [6, 6.07) is 2.15. The van der Waals surface area contributed by atoms with E-state index in [1.807, 2.05) is 0 Å². The Bertz CT molecular complexity index is 534. The second-order valence-corrected chi connectivity index (χ2v) is 3.73. The monoisotopic (exact) mass is 318 g/mol. The Balaban J connectivity index is 3.44. The Kier molecular flexibility index (Phi) is 4.70. The van der Waals surface area contributed by atoms with Gasteiger partial charge in [0.05, 0.1) is 12.5 Å². The molecule has 1 aromatic heterocycles. The first-order valence-electron chi connectivity index (χ1n) is 4.87. The van der Waals surface area contributed by atoms with Crippen LogP contribution in [0.1, 0.15) is 16.8 Å². The Morgan fingerprint density at radius 2 is 1.85 bits per heavy atom. The largest absolute Gasteiger partial charge is 0.574 e. The molecular formula is C10H5ClF6N2O. The summed E-state index contributed by atoms with van der Waals surface area (Å²) >= 11 is 5.35. The lowest BCUT2D eigenvalue weighted by molar-refractivity contribution is -0.276. The molecule has 0 spiro atoms. The van der Waals surface area contributed by atoms with Gasteiger partial charge < -0.3 is 4.74 Å². The number of hydrogen-bond acceptors (Lipinski definition) is 3. The highest BCUT2D eigenvalue weighted by atomic mass is 35.5. The standard InChI is InChI=1S/C10H5ClF6N2O/c11-4-6-5(1-2-18)3-7(20-10(15,16)17)19-8(6)9(12,13)14/h3H,1,4H2. The molecular weight excluding hydrogens is 314 g/mol. The fourth-order valence-corrected chi connectivity index (χ4v) is 1.69. The first-order chi connectivity index (χ1) is 9.08. The van der Waals surface area contributed by atoms with Crippen LogP contribution in [0, 0.1) is 11.3 Å². The summed E-state index contributed by atoms with van der Waals surface area (Å²) in [5.41, 5.74) is -2.46. The van der Waals surface area contributed by atoms with E-state index in [1.54, 1.807) is 0 Å². The molecule has 0 bridgehead atoms. The van der Waals surface area contributed by atoms with Crippen molar-refractivity contribution >= 4 is 11.6 Å². The van der Waals surface area contributed by atoms with Gasteiger partial charge in [0.1, 0.15) is 0 Å². The minimum atomic E-state index is -5.19. The van der Waals surface area contributed by atoms with Crippen molar-refractivity contribution in [2.24, 2.45) is 0 Å². The molecule has 0 N–H and O–H groups in total. The van der Waals surface area contributed by atoms with Crippen molar-refractivity contribution in [3.63, 3.8) is 0 Å². The van der Waals surface area contributed by atoms with Crippen LogP contribution in [0.4, 0.5) is 26.3 Å². The molecule has 0 aliphatic carbocycles. The lowest BCUT2D eigenvalue weighted by Crippen LogP contribution is -2.21. The summed E-state index contributed by atoms with van der Waals surface area (Å²) in [4.78, 5) is 2.78. The molecule has 0 aromatic carbocycles. The summed E-state index contributed by atoms with van der Waals surface area (Å²) in [5.74, 6) is -1.94. The summed E-state index contributed by atoms with van der Waals surface area (Å²) in [6.45, 7) is 0. The molecule has 1 aromatic rings. The molecule has 0 unspecified atom stereocenters. The Labute approximate surface area is 113 Å². The van der Waals surface area contributed by atoms with E-state index in [1.165, 1.54) is 6.07 Å². The average molecular weight is 319 g/mol. The van der Waals surface area contributed by atoms with Gasteiger partial charge in [-0.15, -0.1) is 24.8 Å². The van der Waals surface area contributed by atoms with Crippen LogP contribution < -0.4 is 4.74 Å². The number of pyridine rings is 1. The van der Waals surface area contributed by atoms with Gasteiger partial charge in [0, 0.05) is 17.5 Å². The van der Waals surface area contributed by atoms with E-state index >= 15 is 0 Å². The van der Waals surface area contributed by atoms with E-state index in [9.17, 15) is 26.3 Å². The van der Waals surface area contributed by atoms with Crippen LogP contribution in [0.5, 0.6) is 5.88 Å². The maximum Gasteiger partial charge on any atom is 0.574 e. The normalized spacial score (nSPS) is 12.1. The third kappa shape index (κ3) is 4.16. The summed E-state index contributed by atoms with van der Waals surface area (Å²) in [6.07, 6.45) is -10.8. The Morgan fingerprint density at radius 1 is 1.25 bits per heavy atom. The van der Waals surface area contributed by atoms with Crippen LogP contribution in [-0.2, 0) is 18.5 Å². The average Bonchev–Trinajstić information content (AvgIpc) is 2.25. The maximum atomic E-state index is 12.7. The molecule has 0 saturated carbocycles. The third-order valence-corrected chi connectivity index (χ3v) is 2.35. The van der Waals surface area contributed by atoms with E-state index in [0.29, 0.717) is 6.07 Å². The molecule has 1 heterocycles. The molecule has 1 rings (SSSR count). The molecule has 0 aliphatic heterocycles. The van der Waals surface area contributed by atoms with Crippen LogP contribution in [0.2, 0.25) is 0 Å². The number of aromatic nitrogens is 1. The van der Waals surface area contributed by atoms with E-state index < -0.39 is 42.0 Å². The van der Waals surface area contributed by atoms with E-state index in [0.717, 1.165) is 0 Å². The van der Waals surface area contributed by atoms with Crippen LogP contribution in [-0.4, -0.2) is 11.3 Å². The van der Waals surface area contributed by atoms with Crippen molar-refractivity contribution < 1.29 is 31.1 Å². The van der Waals surface area contributed by atoms with Crippen molar-refractivity contribution in [2.75, 3.05) is 0 Å². The summed E-state index contributed by atoms with van der Waals surface area (Å²) in [7, 11) is 0. The molecule has 0 atom stereocenters. The number of ether oxygens (including phenoxy) is 1. The van der Waals surface area contributed by atoms with Crippen molar-refractivity contribution in [3.05, 3.63) is 22.9 Å². The zero-order valence-electron chi connectivity index (χ0n) is 9.44. The smallest absolute Gasteiger partial charge is 0.388 e. The highest BCUT2D eigenvalue weighted by molar-refractivity contribution is 6.17. The number of halogens is 7. The van der Waals surface area contributed by atoms with Gasteiger partial charge in [0.25, 0.3) is 0 Å². The topological polar surface area (TPSA) is 45.9 Å². The van der Waals surface area contributed by atoms with E-state index in [-0.39, 0.29) is 5.56 Å². The zero-order chi connectivity index (χ0) is 15.6. The highest BCUT2D eigenvalue weighted by Crippen LogP contribution is 2.35. The lowest BCUT2D eigenvalue weighted by Gasteiger charge is -2.16. The van der Waals surface area contributed by atoms with Gasteiger partial charge in [-0.2, -0.15) is 18.4 Å². The minimum Gasteiger partial charge on any atom is -0.388 e. The number of hydrogen-bond donors (Lipinski definition) is 0. The van der Waals surface area contributed by atoms with Crippen molar-refractivity contribution in [1.82, 2.24) is 4.98 Å². The first-order valence-corrected chi connectivity index (χ1v) is 5.40. The summed E-state index contributed by atoms with van der Waals surface area (Å²) < 4.78 is 77.6. The van der Waals surface area contributed by atoms with Crippen LogP contribution in [0.15, 0.2) is 6.07 Å². The molecule has 0 fully saturated rings. The predicted octanol–water partition coefficient (Wildman–Crippen LogP) is 3.80. The summed E-state index contributed by atoms with van der Waals surface area (Å²) in [5, 5.41) is 8.50. The van der Waals surface area contributed by atoms with Crippen molar-refractivity contribution in [1.29, 1.82) is 5.26 Å². The quantitative estimate of drug-likeness (QED) is 0.629. The molecule has 0 radical (unpaired) electrons. The minimum absolute atomic E-state index is 0.316. The van der Waals surface area contributed by atoms with Gasteiger partial charge in [-0.05, 0) is 5.56 Å². The molecule has 10 heteroatoms. The Hall–Kier alpha value is -1.69. The third-order valence-electron chi connectivity index (χ3n) is 2.09. The van der Waals surface area contributed by atoms with Crippen LogP contribution >= 0.6 is 11.6 Å². The molecule has 0 saturated heterocycles. The van der Waals surface area contributed by atoms with Gasteiger partial charge in [0.15, 0.2) is 5.69 Å². The Morgan fingerprint density at radius 3 is 2.25 bits per heavy atom. The van der Waals surface area contributed by atoms with Crippen molar-refractivity contribution in [2.45, 2.75) is 24.8 Å². The highest BCUT2D eigenvalue weighted by Gasteiger charge is 2.39. The molecule has 0 aliphatic rings. The van der Waals surface area contributed by atoms with Gasteiger partial charge in [-0.25, -0.2) is 4.98 Å². The predicted molar refractivity (Wildman–Crippen MR) is 54.8 cm³/mol. The zero-order valence-corrected chi connectivity index (χ0v) is 10.2.